The van der Waals surface area contributed by atoms with Crippen molar-refractivity contribution in [2.24, 2.45) is 5.73 Å². The Bertz CT molecular complexity index is 291. The summed E-state index contributed by atoms with van der Waals surface area (Å²) >= 11 is 0. The molecular weight excluding hydrogens is 194 g/mol. The molecule has 0 radical (unpaired) electrons. The molecule has 1 rings (SSSR count). The quantitative estimate of drug-likeness (QED) is 0.638. The van der Waals surface area contributed by atoms with Gasteiger partial charge in [0.1, 0.15) is 12.4 Å². The molecule has 15 heavy (non-hydrogen) atoms. The van der Waals surface area contributed by atoms with Gasteiger partial charge in [0.15, 0.2) is 0 Å². The first-order chi connectivity index (χ1) is 7.27. The third-order valence-electron chi connectivity index (χ3n) is 2.04. The van der Waals surface area contributed by atoms with Crippen LogP contribution in [0, 0.1) is 0 Å². The number of ether oxygens (including phenoxy) is 1. The molecule has 0 amide bonds. The molecule has 0 spiro atoms. The number of hydrogen-bond donors (Lipinski definition) is 3. The van der Waals surface area contributed by atoms with E-state index < -0.39 is 6.10 Å². The molecule has 0 aliphatic heterocycles. The molecule has 1 atom stereocenters. The fourth-order valence-electron chi connectivity index (χ4n) is 1.30. The molecule has 84 valence electrons. The van der Waals surface area contributed by atoms with E-state index >= 15 is 0 Å². The average Bonchev–Trinajstić information content (AvgIpc) is 2.27. The maximum Gasteiger partial charge on any atom is 0.119 e. The molecule has 4 nitrogen and oxygen atoms in total. The van der Waals surface area contributed by atoms with Crippen molar-refractivity contribution in [1.82, 2.24) is 0 Å². The molecular formula is C11H17NO3. The van der Waals surface area contributed by atoms with Crippen molar-refractivity contribution in [3.8, 4) is 5.75 Å². The van der Waals surface area contributed by atoms with E-state index in [0.29, 0.717) is 18.7 Å². The fourth-order valence-corrected chi connectivity index (χ4v) is 1.30. The lowest BCUT2D eigenvalue weighted by Crippen LogP contribution is -2.07. The molecule has 0 aliphatic carbocycles. The summed E-state index contributed by atoms with van der Waals surface area (Å²) < 4.78 is 5.23. The maximum absolute atomic E-state index is 9.69. The van der Waals surface area contributed by atoms with Crippen LogP contribution in [-0.2, 0) is 0 Å². The molecule has 0 fully saturated rings. The van der Waals surface area contributed by atoms with Crippen LogP contribution in [0.25, 0.3) is 0 Å². The summed E-state index contributed by atoms with van der Waals surface area (Å²) in [5.74, 6) is 0.651. The Morgan fingerprint density at radius 1 is 1.40 bits per heavy atom. The van der Waals surface area contributed by atoms with Gasteiger partial charge in [-0.15, -0.1) is 0 Å². The summed E-state index contributed by atoms with van der Waals surface area (Å²) in [5, 5.41) is 18.3. The van der Waals surface area contributed by atoms with Crippen molar-refractivity contribution in [1.29, 1.82) is 0 Å². The SMILES string of the molecule is NCCC(O)c1cccc(OCCO)c1. The van der Waals surface area contributed by atoms with Crippen LogP contribution in [-0.4, -0.2) is 30.0 Å². The van der Waals surface area contributed by atoms with Gasteiger partial charge in [0.05, 0.1) is 12.7 Å². The number of aliphatic hydroxyl groups excluding tert-OH is 2. The van der Waals surface area contributed by atoms with Crippen LogP contribution in [0.15, 0.2) is 24.3 Å². The van der Waals surface area contributed by atoms with E-state index in [2.05, 4.69) is 0 Å². The van der Waals surface area contributed by atoms with Gasteiger partial charge in [-0.3, -0.25) is 0 Å². The van der Waals surface area contributed by atoms with E-state index in [9.17, 15) is 5.11 Å². The van der Waals surface area contributed by atoms with E-state index in [1.165, 1.54) is 0 Å². The van der Waals surface area contributed by atoms with Gasteiger partial charge in [0, 0.05) is 0 Å². The Morgan fingerprint density at radius 3 is 2.87 bits per heavy atom. The van der Waals surface area contributed by atoms with Crippen molar-refractivity contribution < 1.29 is 14.9 Å². The smallest absolute Gasteiger partial charge is 0.119 e. The average molecular weight is 211 g/mol. The monoisotopic (exact) mass is 211 g/mol. The summed E-state index contributed by atoms with van der Waals surface area (Å²) in [6.07, 6.45) is -0.0172. The number of rotatable bonds is 6. The molecule has 1 aromatic rings. The second kappa shape index (κ2) is 6.40. The van der Waals surface area contributed by atoms with Gasteiger partial charge < -0.3 is 20.7 Å². The van der Waals surface area contributed by atoms with Crippen LogP contribution in [0.2, 0.25) is 0 Å². The van der Waals surface area contributed by atoms with Crippen molar-refractivity contribution in [2.45, 2.75) is 12.5 Å². The minimum atomic E-state index is -0.548. The Kier molecular flexibility index (Phi) is 5.10. The van der Waals surface area contributed by atoms with E-state index in [4.69, 9.17) is 15.6 Å². The normalized spacial score (nSPS) is 12.5. The van der Waals surface area contributed by atoms with Crippen LogP contribution in [0.1, 0.15) is 18.1 Å². The molecule has 1 aromatic carbocycles. The lowest BCUT2D eigenvalue weighted by atomic mass is 10.1. The third-order valence-corrected chi connectivity index (χ3v) is 2.04. The van der Waals surface area contributed by atoms with Gasteiger partial charge in [0.25, 0.3) is 0 Å². The molecule has 0 saturated heterocycles. The van der Waals surface area contributed by atoms with Crippen molar-refractivity contribution in [3.63, 3.8) is 0 Å². The third kappa shape index (κ3) is 3.87. The number of nitrogens with two attached hydrogens (primary N) is 1. The molecule has 0 saturated carbocycles. The molecule has 4 N–H and O–H groups in total. The van der Waals surface area contributed by atoms with Crippen molar-refractivity contribution in [3.05, 3.63) is 29.8 Å². The Balaban J connectivity index is 2.64. The fraction of sp³-hybridized carbons (Fsp3) is 0.455. The predicted molar refractivity (Wildman–Crippen MR) is 57.7 cm³/mol. The highest BCUT2D eigenvalue weighted by atomic mass is 16.5. The highest BCUT2D eigenvalue weighted by Crippen LogP contribution is 2.20. The summed E-state index contributed by atoms with van der Waals surface area (Å²) in [6.45, 7) is 0.689. The van der Waals surface area contributed by atoms with E-state index in [0.717, 1.165) is 5.56 Å². The predicted octanol–water partition coefficient (Wildman–Crippen LogP) is 0.440. The Labute approximate surface area is 89.3 Å². The molecule has 0 bridgehead atoms. The summed E-state index contributed by atoms with van der Waals surface area (Å²) in [4.78, 5) is 0. The second-order valence-corrected chi connectivity index (χ2v) is 3.24. The van der Waals surface area contributed by atoms with E-state index in [1.54, 1.807) is 12.1 Å². The zero-order valence-corrected chi connectivity index (χ0v) is 8.60. The van der Waals surface area contributed by atoms with Crippen molar-refractivity contribution in [2.75, 3.05) is 19.8 Å². The zero-order valence-electron chi connectivity index (χ0n) is 8.60. The van der Waals surface area contributed by atoms with Crippen LogP contribution in [0.3, 0.4) is 0 Å². The minimum Gasteiger partial charge on any atom is -0.491 e. The molecule has 0 aliphatic rings. The molecule has 4 heteroatoms. The number of hydrogen-bond acceptors (Lipinski definition) is 4. The highest BCUT2D eigenvalue weighted by Gasteiger charge is 2.06. The van der Waals surface area contributed by atoms with Gasteiger partial charge in [-0.05, 0) is 30.7 Å². The summed E-state index contributed by atoms with van der Waals surface area (Å²) in [7, 11) is 0. The van der Waals surface area contributed by atoms with E-state index in [1.807, 2.05) is 12.1 Å². The lowest BCUT2D eigenvalue weighted by Gasteiger charge is -2.11. The van der Waals surface area contributed by atoms with Gasteiger partial charge in [-0.2, -0.15) is 0 Å². The zero-order chi connectivity index (χ0) is 11.1. The molecule has 0 heterocycles. The lowest BCUT2D eigenvalue weighted by molar-refractivity contribution is 0.169. The van der Waals surface area contributed by atoms with Gasteiger partial charge in [0.2, 0.25) is 0 Å². The second-order valence-electron chi connectivity index (χ2n) is 3.24. The maximum atomic E-state index is 9.69. The standard InChI is InChI=1S/C11H17NO3/c12-5-4-11(14)9-2-1-3-10(8-9)15-7-6-13/h1-3,8,11,13-14H,4-7,12H2. The Morgan fingerprint density at radius 2 is 2.20 bits per heavy atom. The van der Waals surface area contributed by atoms with Crippen LogP contribution >= 0.6 is 0 Å². The number of aliphatic hydroxyl groups is 2. The van der Waals surface area contributed by atoms with Gasteiger partial charge in [-0.1, -0.05) is 12.1 Å². The first-order valence-corrected chi connectivity index (χ1v) is 4.99. The van der Waals surface area contributed by atoms with Crippen LogP contribution in [0.4, 0.5) is 0 Å². The Hall–Kier alpha value is -1.10. The topological polar surface area (TPSA) is 75.7 Å². The first-order valence-electron chi connectivity index (χ1n) is 4.99. The highest BCUT2D eigenvalue weighted by molar-refractivity contribution is 5.29. The van der Waals surface area contributed by atoms with E-state index in [-0.39, 0.29) is 13.2 Å². The van der Waals surface area contributed by atoms with Crippen molar-refractivity contribution >= 4 is 0 Å². The largest absolute Gasteiger partial charge is 0.491 e. The first kappa shape index (κ1) is 12.0. The van der Waals surface area contributed by atoms with Crippen LogP contribution < -0.4 is 10.5 Å². The molecule has 1 unspecified atom stereocenters. The van der Waals surface area contributed by atoms with Gasteiger partial charge >= 0.3 is 0 Å². The molecule has 0 aromatic heterocycles. The summed E-state index contributed by atoms with van der Waals surface area (Å²) in [6, 6.07) is 7.18. The summed E-state index contributed by atoms with van der Waals surface area (Å²) in [5.41, 5.74) is 6.15. The number of benzene rings is 1. The minimum absolute atomic E-state index is 0.0183. The van der Waals surface area contributed by atoms with Crippen LogP contribution in [0.5, 0.6) is 5.75 Å². The van der Waals surface area contributed by atoms with Gasteiger partial charge in [-0.25, -0.2) is 0 Å².